The summed E-state index contributed by atoms with van der Waals surface area (Å²) in [6.45, 7) is 2.07. The Hall–Kier alpha value is -2.36. The molecule has 29 heavy (non-hydrogen) atoms. The second-order valence-corrected chi connectivity index (χ2v) is 9.21. The van der Waals surface area contributed by atoms with Gasteiger partial charge in [0.1, 0.15) is 5.82 Å². The summed E-state index contributed by atoms with van der Waals surface area (Å²) in [7, 11) is -2.04. The van der Waals surface area contributed by atoms with E-state index in [0.717, 1.165) is 24.7 Å². The molecular weight excluding hydrogens is 416 g/mol. The maximum atomic E-state index is 12.4. The molecule has 0 radical (unpaired) electrons. The van der Waals surface area contributed by atoms with Crippen LogP contribution in [0.4, 0.5) is 17.2 Å². The van der Waals surface area contributed by atoms with Crippen LogP contribution in [0.5, 0.6) is 0 Å². The normalized spacial score (nSPS) is 13.8. The Balaban J connectivity index is 2.03. The third-order valence-electron chi connectivity index (χ3n) is 4.58. The van der Waals surface area contributed by atoms with Crippen LogP contribution >= 0.6 is 11.6 Å². The van der Waals surface area contributed by atoms with Gasteiger partial charge < -0.3 is 5.32 Å². The lowest BCUT2D eigenvalue weighted by Gasteiger charge is -2.23. The molecule has 1 aromatic carbocycles. The summed E-state index contributed by atoms with van der Waals surface area (Å²) in [6, 6.07) is 6.67. The maximum absolute atomic E-state index is 12.4. The second-order valence-electron chi connectivity index (χ2n) is 6.78. The highest BCUT2D eigenvalue weighted by molar-refractivity contribution is 7.92. The van der Waals surface area contributed by atoms with E-state index in [1.165, 1.54) is 17.5 Å². The summed E-state index contributed by atoms with van der Waals surface area (Å²) in [5.41, 5.74) is 4.35. The summed E-state index contributed by atoms with van der Waals surface area (Å²) in [4.78, 5) is 21.6. The first-order valence-electron chi connectivity index (χ1n) is 9.14. The third-order valence-corrected chi connectivity index (χ3v) is 6.10. The molecule has 1 aliphatic rings. The lowest BCUT2D eigenvalue weighted by atomic mass is 10.1. The summed E-state index contributed by atoms with van der Waals surface area (Å²) >= 11 is 6.46. The minimum atomic E-state index is -3.51. The molecule has 0 aliphatic heterocycles. The molecule has 0 atom stereocenters. The number of aromatic nitrogens is 1. The van der Waals surface area contributed by atoms with Crippen LogP contribution in [0.3, 0.4) is 0 Å². The fraction of sp³-hybridized carbons (Fsp3) is 0.368. The Morgan fingerprint density at radius 2 is 2.10 bits per heavy atom. The largest absolute Gasteiger partial charge is 0.338 e. The molecule has 2 aromatic rings. The van der Waals surface area contributed by atoms with Gasteiger partial charge in [-0.05, 0) is 55.5 Å². The summed E-state index contributed by atoms with van der Waals surface area (Å²) < 4.78 is 25.5. The van der Waals surface area contributed by atoms with E-state index in [0.29, 0.717) is 28.9 Å². The van der Waals surface area contributed by atoms with Crippen molar-refractivity contribution in [3.63, 3.8) is 0 Å². The van der Waals surface area contributed by atoms with Gasteiger partial charge in [0.05, 0.1) is 29.8 Å². The summed E-state index contributed by atoms with van der Waals surface area (Å²) in [5.74, 6) is 0.120. The highest BCUT2D eigenvalue weighted by Gasteiger charge is 2.29. The van der Waals surface area contributed by atoms with Gasteiger partial charge >= 0.3 is 0 Å². The SMILES string of the molecule is CCONC(=O)c1cccnc1Nc1cc(Cl)c(C2CC2)cc1N(C)S(C)(=O)=O. The van der Waals surface area contributed by atoms with Crippen molar-refractivity contribution in [3.8, 4) is 0 Å². The zero-order valence-corrected chi connectivity index (χ0v) is 18.0. The molecule has 2 N–H and O–H groups in total. The van der Waals surface area contributed by atoms with E-state index in [4.69, 9.17) is 16.4 Å². The smallest absolute Gasteiger partial charge is 0.278 e. The van der Waals surface area contributed by atoms with Crippen LogP contribution in [0.2, 0.25) is 5.02 Å². The van der Waals surface area contributed by atoms with E-state index in [9.17, 15) is 13.2 Å². The number of sulfonamides is 1. The van der Waals surface area contributed by atoms with Gasteiger partial charge in [-0.1, -0.05) is 11.6 Å². The molecule has 3 rings (SSSR count). The fourth-order valence-electron chi connectivity index (χ4n) is 2.83. The molecule has 1 heterocycles. The predicted molar refractivity (Wildman–Crippen MR) is 113 cm³/mol. The van der Waals surface area contributed by atoms with Crippen LogP contribution in [0.1, 0.15) is 41.6 Å². The van der Waals surface area contributed by atoms with Gasteiger partial charge in [-0.25, -0.2) is 18.9 Å². The van der Waals surface area contributed by atoms with Gasteiger partial charge in [0.15, 0.2) is 0 Å². The fourth-order valence-corrected chi connectivity index (χ4v) is 3.66. The molecule has 0 bridgehead atoms. The van der Waals surface area contributed by atoms with Crippen molar-refractivity contribution in [1.29, 1.82) is 0 Å². The van der Waals surface area contributed by atoms with Gasteiger partial charge in [0.25, 0.3) is 5.91 Å². The first-order valence-corrected chi connectivity index (χ1v) is 11.4. The third kappa shape index (κ3) is 4.98. The monoisotopic (exact) mass is 438 g/mol. The van der Waals surface area contributed by atoms with E-state index in [1.54, 1.807) is 31.2 Å². The molecule has 8 nitrogen and oxygen atoms in total. The number of nitrogens with zero attached hydrogens (tertiary/aromatic N) is 2. The first-order chi connectivity index (χ1) is 13.7. The number of amides is 1. The van der Waals surface area contributed by atoms with Crippen molar-refractivity contribution in [2.24, 2.45) is 0 Å². The van der Waals surface area contributed by atoms with E-state index in [-0.39, 0.29) is 11.4 Å². The number of carbonyl (C=O) groups is 1. The van der Waals surface area contributed by atoms with Crippen molar-refractivity contribution >= 4 is 44.7 Å². The van der Waals surface area contributed by atoms with Gasteiger partial charge in [-0.3, -0.25) is 13.9 Å². The minimum absolute atomic E-state index is 0.247. The van der Waals surface area contributed by atoms with Crippen molar-refractivity contribution in [2.75, 3.05) is 29.5 Å². The number of hydrogen-bond acceptors (Lipinski definition) is 6. The standard InChI is InChI=1S/C19H23ClN4O4S/c1-4-28-23-19(25)13-6-5-9-21-18(13)22-16-11-15(20)14(12-7-8-12)10-17(16)24(2)29(3,26)27/h5-6,9-12H,4,7-8H2,1-3H3,(H,21,22)(H,23,25). The van der Waals surface area contributed by atoms with E-state index in [1.807, 2.05) is 0 Å². The van der Waals surface area contributed by atoms with Crippen molar-refractivity contribution < 1.29 is 18.0 Å². The van der Waals surface area contributed by atoms with Crippen LogP contribution in [-0.4, -0.2) is 39.2 Å². The second kappa shape index (κ2) is 8.56. The van der Waals surface area contributed by atoms with Crippen LogP contribution in [0.15, 0.2) is 30.5 Å². The number of anilines is 3. The number of pyridine rings is 1. The van der Waals surface area contributed by atoms with Gasteiger partial charge in [-0.15, -0.1) is 0 Å². The van der Waals surface area contributed by atoms with Crippen molar-refractivity contribution in [2.45, 2.75) is 25.7 Å². The topological polar surface area (TPSA) is 101 Å². The number of rotatable bonds is 8. The van der Waals surface area contributed by atoms with Gasteiger partial charge in [0, 0.05) is 18.3 Å². The Morgan fingerprint density at radius 3 is 2.72 bits per heavy atom. The van der Waals surface area contributed by atoms with Gasteiger partial charge in [0.2, 0.25) is 10.0 Å². The Labute approximate surface area is 175 Å². The lowest BCUT2D eigenvalue weighted by Crippen LogP contribution is -2.26. The number of hydroxylamine groups is 1. The average molecular weight is 439 g/mol. The van der Waals surface area contributed by atoms with Crippen LogP contribution in [0.25, 0.3) is 0 Å². The molecule has 10 heteroatoms. The highest BCUT2D eigenvalue weighted by Crippen LogP contribution is 2.46. The molecule has 156 valence electrons. The summed E-state index contributed by atoms with van der Waals surface area (Å²) in [5, 5.41) is 3.60. The van der Waals surface area contributed by atoms with Crippen molar-refractivity contribution in [1.82, 2.24) is 10.5 Å². The highest BCUT2D eigenvalue weighted by atomic mass is 35.5. The number of halogens is 1. The quantitative estimate of drug-likeness (QED) is 0.612. The predicted octanol–water partition coefficient (Wildman–Crippen LogP) is 3.43. The maximum Gasteiger partial charge on any atom is 0.278 e. The number of carbonyl (C=O) groups excluding carboxylic acids is 1. The van der Waals surface area contributed by atoms with Gasteiger partial charge in [-0.2, -0.15) is 0 Å². The molecular formula is C19H23ClN4O4S. The molecule has 0 saturated heterocycles. The Kier molecular flexibility index (Phi) is 6.30. The minimum Gasteiger partial charge on any atom is -0.338 e. The number of nitrogens with one attached hydrogen (secondary N) is 2. The van der Waals surface area contributed by atoms with E-state index < -0.39 is 15.9 Å². The van der Waals surface area contributed by atoms with Crippen molar-refractivity contribution in [3.05, 3.63) is 46.6 Å². The average Bonchev–Trinajstić information content (AvgIpc) is 3.50. The van der Waals surface area contributed by atoms with Crippen LogP contribution in [0, 0.1) is 0 Å². The lowest BCUT2D eigenvalue weighted by molar-refractivity contribution is 0.0365. The zero-order chi connectivity index (χ0) is 21.2. The Bertz CT molecular complexity index is 1020. The molecule has 0 spiro atoms. The molecule has 1 aromatic heterocycles. The van der Waals surface area contributed by atoms with E-state index in [2.05, 4.69) is 15.8 Å². The van der Waals surface area contributed by atoms with Crippen LogP contribution in [-0.2, 0) is 14.9 Å². The number of benzene rings is 1. The molecule has 0 unspecified atom stereocenters. The molecule has 1 aliphatic carbocycles. The zero-order valence-electron chi connectivity index (χ0n) is 16.4. The molecule has 1 fully saturated rings. The van der Waals surface area contributed by atoms with E-state index >= 15 is 0 Å². The molecule has 1 amide bonds. The first kappa shape index (κ1) is 21.4. The molecule has 1 saturated carbocycles. The summed E-state index contributed by atoms with van der Waals surface area (Å²) in [6.07, 6.45) is 4.71. The number of hydrogen-bond donors (Lipinski definition) is 2. The Morgan fingerprint density at radius 1 is 1.38 bits per heavy atom. The van der Waals surface area contributed by atoms with Crippen LogP contribution < -0.4 is 15.1 Å².